The van der Waals surface area contributed by atoms with Crippen LogP contribution in [0, 0.1) is 6.92 Å². The Morgan fingerprint density at radius 1 is 1.35 bits per heavy atom. The second-order valence-electron chi connectivity index (χ2n) is 7.49. The molecule has 0 aliphatic carbocycles. The van der Waals surface area contributed by atoms with E-state index in [2.05, 4.69) is 16.8 Å². The highest BCUT2D eigenvalue weighted by atomic mass is 19.4. The van der Waals surface area contributed by atoms with Gasteiger partial charge in [0.1, 0.15) is 6.04 Å². The Labute approximate surface area is 179 Å². The van der Waals surface area contributed by atoms with E-state index in [4.69, 9.17) is 0 Å². The Hall–Kier alpha value is -3.10. The fourth-order valence-corrected chi connectivity index (χ4v) is 3.69. The van der Waals surface area contributed by atoms with Crippen molar-refractivity contribution in [2.24, 2.45) is 4.99 Å². The first-order valence-corrected chi connectivity index (χ1v) is 10.1. The summed E-state index contributed by atoms with van der Waals surface area (Å²) in [5, 5.41) is 4.47. The van der Waals surface area contributed by atoms with Gasteiger partial charge in [-0.2, -0.15) is 18.3 Å². The number of fused-ring (bicyclic) bond motifs is 1. The second kappa shape index (κ2) is 8.95. The van der Waals surface area contributed by atoms with Crippen molar-refractivity contribution in [2.75, 3.05) is 18.0 Å². The highest BCUT2D eigenvalue weighted by Gasteiger charge is 2.36. The number of allylic oxidation sites excluding steroid dienone is 1. The average Bonchev–Trinajstić information content (AvgIpc) is 3.17. The SMILES string of the molecule is C=N/C(=C\N(CC)[C@H](C)C(=O)N1CCCc2c1cnn2-c1ccc(C)cc1)C(F)(F)F. The predicted octanol–water partition coefficient (Wildman–Crippen LogP) is 4.27. The van der Waals surface area contributed by atoms with Crippen molar-refractivity contribution in [3.05, 3.63) is 53.6 Å². The van der Waals surface area contributed by atoms with Gasteiger partial charge in [-0.05, 0) is 52.5 Å². The van der Waals surface area contributed by atoms with Crippen LogP contribution in [0.1, 0.15) is 31.5 Å². The van der Waals surface area contributed by atoms with Gasteiger partial charge in [0.15, 0.2) is 5.70 Å². The van der Waals surface area contributed by atoms with Crippen molar-refractivity contribution in [2.45, 2.75) is 45.8 Å². The summed E-state index contributed by atoms with van der Waals surface area (Å²) in [7, 11) is 0. The first kappa shape index (κ1) is 22.6. The molecule has 2 heterocycles. The zero-order valence-corrected chi connectivity index (χ0v) is 17.9. The number of hydrogen-bond acceptors (Lipinski definition) is 4. The monoisotopic (exact) mass is 433 g/mol. The van der Waals surface area contributed by atoms with Crippen molar-refractivity contribution < 1.29 is 18.0 Å². The molecule has 2 aromatic rings. The summed E-state index contributed by atoms with van der Waals surface area (Å²) in [6.07, 6.45) is -0.622. The predicted molar refractivity (Wildman–Crippen MR) is 115 cm³/mol. The Kier molecular flexibility index (Phi) is 6.52. The molecule has 0 saturated heterocycles. The van der Waals surface area contributed by atoms with Gasteiger partial charge in [-0.25, -0.2) is 4.68 Å². The molecule has 1 atom stereocenters. The van der Waals surface area contributed by atoms with Crippen molar-refractivity contribution in [3.63, 3.8) is 0 Å². The summed E-state index contributed by atoms with van der Waals surface area (Å²) >= 11 is 0. The molecular weight excluding hydrogens is 407 g/mol. The van der Waals surface area contributed by atoms with Gasteiger partial charge in [0.05, 0.1) is 23.3 Å². The van der Waals surface area contributed by atoms with Crippen LogP contribution in [-0.2, 0) is 11.2 Å². The molecule has 1 aliphatic rings. The quantitative estimate of drug-likeness (QED) is 0.640. The van der Waals surface area contributed by atoms with Crippen molar-refractivity contribution in [1.82, 2.24) is 14.7 Å². The van der Waals surface area contributed by atoms with Gasteiger partial charge in [0.2, 0.25) is 5.91 Å². The van der Waals surface area contributed by atoms with E-state index in [9.17, 15) is 18.0 Å². The van der Waals surface area contributed by atoms with Gasteiger partial charge in [-0.1, -0.05) is 17.7 Å². The summed E-state index contributed by atoms with van der Waals surface area (Å²) in [5.74, 6) is -0.284. The minimum Gasteiger partial charge on any atom is -0.364 e. The second-order valence-corrected chi connectivity index (χ2v) is 7.49. The molecule has 0 radical (unpaired) electrons. The van der Waals surface area contributed by atoms with Crippen LogP contribution >= 0.6 is 0 Å². The lowest BCUT2D eigenvalue weighted by Gasteiger charge is -2.33. The molecule has 0 fully saturated rings. The van der Waals surface area contributed by atoms with E-state index >= 15 is 0 Å². The molecule has 0 unspecified atom stereocenters. The largest absolute Gasteiger partial charge is 0.434 e. The number of benzene rings is 1. The highest BCUT2D eigenvalue weighted by Crippen LogP contribution is 2.31. The molecule has 0 spiro atoms. The number of halogens is 3. The van der Waals surface area contributed by atoms with E-state index < -0.39 is 17.9 Å². The standard InChI is InChI=1S/C22H26F3N5O/c1-5-28(14-20(26-4)22(23,24)25)16(3)21(31)29-12-6-7-18-19(29)13-27-30(18)17-10-8-15(2)9-11-17/h8-11,13-14,16H,4-7,12H2,1-3H3/b20-14-/t16-/m1/s1. The molecule has 0 N–H and O–H groups in total. The topological polar surface area (TPSA) is 53.7 Å². The molecule has 166 valence electrons. The first-order valence-electron chi connectivity index (χ1n) is 10.1. The van der Waals surface area contributed by atoms with E-state index in [-0.39, 0.29) is 12.5 Å². The number of likely N-dealkylation sites (N-methyl/N-ethyl adjacent to an activating group) is 1. The van der Waals surface area contributed by atoms with Crippen LogP contribution in [-0.4, -0.2) is 52.6 Å². The maximum atomic E-state index is 13.3. The fraction of sp³-hybridized carbons (Fsp3) is 0.409. The Morgan fingerprint density at radius 3 is 2.61 bits per heavy atom. The number of aliphatic imine (C=N–C) groups is 1. The molecule has 9 heteroatoms. The summed E-state index contributed by atoms with van der Waals surface area (Å²) in [5.41, 5.74) is 2.52. The van der Waals surface area contributed by atoms with Gasteiger partial charge in [-0.3, -0.25) is 9.79 Å². The van der Waals surface area contributed by atoms with Gasteiger partial charge in [0.25, 0.3) is 0 Å². The number of alkyl halides is 3. The number of carbonyl (C=O) groups excluding carboxylic acids is 1. The molecule has 1 amide bonds. The first-order chi connectivity index (χ1) is 14.7. The van der Waals surface area contributed by atoms with E-state index in [1.165, 1.54) is 4.90 Å². The van der Waals surface area contributed by atoms with Gasteiger partial charge >= 0.3 is 6.18 Å². The Morgan fingerprint density at radius 2 is 2.03 bits per heavy atom. The Bertz CT molecular complexity index is 978. The number of rotatable bonds is 6. The molecule has 0 saturated carbocycles. The van der Waals surface area contributed by atoms with Crippen molar-refractivity contribution in [3.8, 4) is 5.69 Å². The van der Waals surface area contributed by atoms with E-state index in [1.807, 2.05) is 35.9 Å². The lowest BCUT2D eigenvalue weighted by atomic mass is 10.1. The van der Waals surface area contributed by atoms with E-state index in [1.54, 1.807) is 24.9 Å². The minimum absolute atomic E-state index is 0.214. The molecule has 6 nitrogen and oxygen atoms in total. The van der Waals surface area contributed by atoms with Gasteiger partial charge < -0.3 is 9.80 Å². The number of amides is 1. The summed E-state index contributed by atoms with van der Waals surface area (Å²) < 4.78 is 41.1. The Balaban J connectivity index is 1.89. The number of aryl methyl sites for hydroxylation is 1. The third-order valence-corrected chi connectivity index (χ3v) is 5.45. The van der Waals surface area contributed by atoms with Crippen LogP contribution in [0.2, 0.25) is 0 Å². The average molecular weight is 433 g/mol. The third-order valence-electron chi connectivity index (χ3n) is 5.45. The lowest BCUT2D eigenvalue weighted by molar-refractivity contribution is -0.122. The van der Waals surface area contributed by atoms with Crippen LogP contribution in [0.25, 0.3) is 5.69 Å². The number of aromatic nitrogens is 2. The number of carbonyl (C=O) groups is 1. The van der Waals surface area contributed by atoms with Crippen molar-refractivity contribution >= 4 is 18.3 Å². The molecule has 0 bridgehead atoms. The zero-order valence-electron chi connectivity index (χ0n) is 17.9. The van der Waals surface area contributed by atoms with Gasteiger partial charge in [-0.15, -0.1) is 0 Å². The van der Waals surface area contributed by atoms with E-state index in [0.29, 0.717) is 12.2 Å². The van der Waals surface area contributed by atoms with E-state index in [0.717, 1.165) is 36.0 Å². The van der Waals surface area contributed by atoms with Crippen LogP contribution in [0.3, 0.4) is 0 Å². The molecule has 31 heavy (non-hydrogen) atoms. The molecule has 1 aromatic heterocycles. The minimum atomic E-state index is -4.63. The molecular formula is C22H26F3N5O. The van der Waals surface area contributed by atoms with Crippen LogP contribution < -0.4 is 4.90 Å². The maximum absolute atomic E-state index is 13.3. The van der Waals surface area contributed by atoms with Crippen LogP contribution in [0.15, 0.2) is 47.4 Å². The fourth-order valence-electron chi connectivity index (χ4n) is 3.69. The number of anilines is 1. The molecule has 3 rings (SSSR count). The number of hydrogen-bond donors (Lipinski definition) is 0. The van der Waals surface area contributed by atoms with Crippen LogP contribution in [0.5, 0.6) is 0 Å². The smallest absolute Gasteiger partial charge is 0.364 e. The molecule has 1 aromatic carbocycles. The highest BCUT2D eigenvalue weighted by molar-refractivity contribution is 5.97. The normalized spacial score (nSPS) is 15.4. The molecule has 1 aliphatic heterocycles. The lowest BCUT2D eigenvalue weighted by Crippen LogP contribution is -2.47. The summed E-state index contributed by atoms with van der Waals surface area (Å²) in [4.78, 5) is 19.3. The summed E-state index contributed by atoms with van der Waals surface area (Å²) in [6, 6.07) is 7.12. The summed E-state index contributed by atoms with van der Waals surface area (Å²) in [6.45, 7) is 9.00. The number of nitrogens with zero attached hydrogens (tertiary/aromatic N) is 5. The third kappa shape index (κ3) is 4.65. The van der Waals surface area contributed by atoms with Gasteiger partial charge in [0, 0.05) is 19.3 Å². The van der Waals surface area contributed by atoms with Crippen molar-refractivity contribution in [1.29, 1.82) is 0 Å². The maximum Gasteiger partial charge on any atom is 0.434 e. The van der Waals surface area contributed by atoms with Crippen LogP contribution in [0.4, 0.5) is 18.9 Å². The zero-order chi connectivity index (χ0) is 22.8.